The van der Waals surface area contributed by atoms with Gasteiger partial charge in [0.25, 0.3) is 0 Å². The van der Waals surface area contributed by atoms with E-state index in [9.17, 15) is 9.50 Å². The predicted molar refractivity (Wildman–Crippen MR) is 72.4 cm³/mol. The average molecular weight is 260 g/mol. The van der Waals surface area contributed by atoms with Crippen molar-refractivity contribution in [2.24, 2.45) is 0 Å². The SMILES string of the molecule is Cc1ccc(O)c(CNCCc2ccc(F)cc2)n1. The number of hydrogen-bond donors (Lipinski definition) is 2. The highest BCUT2D eigenvalue weighted by Crippen LogP contribution is 2.14. The van der Waals surface area contributed by atoms with Crippen LogP contribution in [0.3, 0.4) is 0 Å². The summed E-state index contributed by atoms with van der Waals surface area (Å²) in [4.78, 5) is 4.27. The Balaban J connectivity index is 1.80. The van der Waals surface area contributed by atoms with Crippen molar-refractivity contribution in [3.8, 4) is 5.75 Å². The molecule has 0 amide bonds. The first kappa shape index (κ1) is 13.5. The summed E-state index contributed by atoms with van der Waals surface area (Å²) in [7, 11) is 0. The summed E-state index contributed by atoms with van der Waals surface area (Å²) in [6.07, 6.45) is 0.812. The summed E-state index contributed by atoms with van der Waals surface area (Å²) in [6, 6.07) is 9.90. The third-order valence-corrected chi connectivity index (χ3v) is 2.89. The molecule has 0 fully saturated rings. The van der Waals surface area contributed by atoms with Crippen molar-refractivity contribution in [2.45, 2.75) is 19.9 Å². The molecule has 4 heteroatoms. The smallest absolute Gasteiger partial charge is 0.138 e. The fourth-order valence-corrected chi connectivity index (χ4v) is 1.82. The Morgan fingerprint density at radius 1 is 1.16 bits per heavy atom. The molecule has 0 spiro atoms. The lowest BCUT2D eigenvalue weighted by Gasteiger charge is -2.07. The van der Waals surface area contributed by atoms with Gasteiger partial charge in [-0.2, -0.15) is 0 Å². The van der Waals surface area contributed by atoms with Gasteiger partial charge in [0.2, 0.25) is 0 Å². The summed E-state index contributed by atoms with van der Waals surface area (Å²) >= 11 is 0. The zero-order valence-electron chi connectivity index (χ0n) is 10.9. The number of nitrogens with zero attached hydrogens (tertiary/aromatic N) is 1. The molecule has 0 saturated heterocycles. The maximum absolute atomic E-state index is 12.7. The molecule has 0 aliphatic carbocycles. The Morgan fingerprint density at radius 3 is 2.63 bits per heavy atom. The second-order valence-electron chi connectivity index (χ2n) is 4.47. The van der Waals surface area contributed by atoms with Crippen LogP contribution in [0.25, 0.3) is 0 Å². The van der Waals surface area contributed by atoms with Crippen LogP contribution >= 0.6 is 0 Å². The zero-order chi connectivity index (χ0) is 13.7. The lowest BCUT2D eigenvalue weighted by atomic mass is 10.1. The molecule has 2 rings (SSSR count). The van der Waals surface area contributed by atoms with Crippen LogP contribution in [0, 0.1) is 12.7 Å². The number of nitrogens with one attached hydrogen (secondary N) is 1. The second-order valence-corrected chi connectivity index (χ2v) is 4.47. The van der Waals surface area contributed by atoms with Crippen LogP contribution in [0.1, 0.15) is 17.0 Å². The fraction of sp³-hybridized carbons (Fsp3) is 0.267. The molecule has 100 valence electrons. The molecule has 0 bridgehead atoms. The topological polar surface area (TPSA) is 45.1 Å². The quantitative estimate of drug-likeness (QED) is 0.812. The molecule has 0 radical (unpaired) electrons. The van der Waals surface area contributed by atoms with Crippen LogP contribution in [0.2, 0.25) is 0 Å². The normalized spacial score (nSPS) is 10.6. The molecule has 0 aliphatic rings. The van der Waals surface area contributed by atoms with Gasteiger partial charge in [0, 0.05) is 12.2 Å². The van der Waals surface area contributed by atoms with Crippen molar-refractivity contribution in [3.05, 3.63) is 59.2 Å². The Bertz CT molecular complexity index is 540. The highest BCUT2D eigenvalue weighted by atomic mass is 19.1. The van der Waals surface area contributed by atoms with Crippen molar-refractivity contribution in [1.82, 2.24) is 10.3 Å². The van der Waals surface area contributed by atoms with Crippen LogP contribution in [0.15, 0.2) is 36.4 Å². The maximum Gasteiger partial charge on any atom is 0.138 e. The monoisotopic (exact) mass is 260 g/mol. The van der Waals surface area contributed by atoms with Gasteiger partial charge >= 0.3 is 0 Å². The van der Waals surface area contributed by atoms with E-state index in [1.165, 1.54) is 12.1 Å². The van der Waals surface area contributed by atoms with Crippen molar-refractivity contribution in [1.29, 1.82) is 0 Å². The van der Waals surface area contributed by atoms with Gasteiger partial charge in [-0.1, -0.05) is 12.1 Å². The van der Waals surface area contributed by atoms with Gasteiger partial charge in [0.15, 0.2) is 0 Å². The lowest BCUT2D eigenvalue weighted by Crippen LogP contribution is -2.17. The first-order chi connectivity index (χ1) is 9.15. The maximum atomic E-state index is 12.7. The predicted octanol–water partition coefficient (Wildman–Crippen LogP) is 2.57. The minimum Gasteiger partial charge on any atom is -0.506 e. The number of halogens is 1. The average Bonchev–Trinajstić information content (AvgIpc) is 2.40. The Morgan fingerprint density at radius 2 is 1.89 bits per heavy atom. The highest BCUT2D eigenvalue weighted by molar-refractivity contribution is 5.27. The Kier molecular flexibility index (Phi) is 4.47. The van der Waals surface area contributed by atoms with Crippen LogP contribution in [-0.2, 0) is 13.0 Å². The van der Waals surface area contributed by atoms with E-state index >= 15 is 0 Å². The van der Waals surface area contributed by atoms with Crippen molar-refractivity contribution in [2.75, 3.05) is 6.54 Å². The lowest BCUT2D eigenvalue weighted by molar-refractivity contribution is 0.459. The van der Waals surface area contributed by atoms with Gasteiger partial charge in [-0.3, -0.25) is 4.98 Å². The van der Waals surface area contributed by atoms with Gasteiger partial charge < -0.3 is 10.4 Å². The zero-order valence-corrected chi connectivity index (χ0v) is 10.9. The number of hydrogen-bond acceptors (Lipinski definition) is 3. The largest absolute Gasteiger partial charge is 0.506 e. The second kappa shape index (κ2) is 6.29. The molecule has 0 aliphatic heterocycles. The molecule has 0 atom stereocenters. The molecule has 2 N–H and O–H groups in total. The molecular formula is C15H17FN2O. The van der Waals surface area contributed by atoms with E-state index in [1.54, 1.807) is 24.3 Å². The molecule has 1 heterocycles. The molecule has 0 unspecified atom stereocenters. The molecule has 3 nitrogen and oxygen atoms in total. The van der Waals surface area contributed by atoms with Crippen LogP contribution < -0.4 is 5.32 Å². The molecule has 2 aromatic rings. The Hall–Kier alpha value is -1.94. The molecule has 1 aromatic heterocycles. The summed E-state index contributed by atoms with van der Waals surface area (Å²) < 4.78 is 12.7. The third-order valence-electron chi connectivity index (χ3n) is 2.89. The number of aryl methyl sites for hydroxylation is 1. The third kappa shape index (κ3) is 4.03. The Labute approximate surface area is 112 Å². The molecule has 0 saturated carbocycles. The number of benzene rings is 1. The number of aromatic nitrogens is 1. The van der Waals surface area contributed by atoms with Gasteiger partial charge in [0.05, 0.1) is 5.69 Å². The summed E-state index contributed by atoms with van der Waals surface area (Å²) in [5.41, 5.74) is 2.61. The molecule has 1 aromatic carbocycles. The van der Waals surface area contributed by atoms with E-state index in [2.05, 4.69) is 10.3 Å². The van der Waals surface area contributed by atoms with E-state index in [-0.39, 0.29) is 11.6 Å². The van der Waals surface area contributed by atoms with Crippen LogP contribution in [0.4, 0.5) is 4.39 Å². The van der Waals surface area contributed by atoms with E-state index in [1.807, 2.05) is 6.92 Å². The van der Waals surface area contributed by atoms with E-state index < -0.39 is 0 Å². The van der Waals surface area contributed by atoms with Gasteiger partial charge in [-0.25, -0.2) is 4.39 Å². The number of aromatic hydroxyl groups is 1. The number of rotatable bonds is 5. The standard InChI is InChI=1S/C15H17FN2O/c1-11-2-7-15(19)14(18-11)10-17-9-8-12-3-5-13(16)6-4-12/h2-7,17,19H,8-10H2,1H3. The summed E-state index contributed by atoms with van der Waals surface area (Å²) in [6.45, 7) is 3.16. The van der Waals surface area contributed by atoms with E-state index in [0.717, 1.165) is 24.2 Å². The van der Waals surface area contributed by atoms with Crippen molar-refractivity contribution in [3.63, 3.8) is 0 Å². The minimum absolute atomic E-state index is 0.208. The van der Waals surface area contributed by atoms with Gasteiger partial charge in [-0.05, 0) is 49.7 Å². The summed E-state index contributed by atoms with van der Waals surface area (Å²) in [5, 5.41) is 12.9. The van der Waals surface area contributed by atoms with Gasteiger partial charge in [0.1, 0.15) is 11.6 Å². The van der Waals surface area contributed by atoms with Crippen LogP contribution in [0.5, 0.6) is 5.75 Å². The minimum atomic E-state index is -0.217. The van der Waals surface area contributed by atoms with E-state index in [0.29, 0.717) is 12.2 Å². The van der Waals surface area contributed by atoms with Gasteiger partial charge in [-0.15, -0.1) is 0 Å². The molecule has 19 heavy (non-hydrogen) atoms. The first-order valence-corrected chi connectivity index (χ1v) is 6.26. The number of pyridine rings is 1. The van der Waals surface area contributed by atoms with E-state index in [4.69, 9.17) is 0 Å². The van der Waals surface area contributed by atoms with Crippen molar-refractivity contribution >= 4 is 0 Å². The van der Waals surface area contributed by atoms with Crippen LogP contribution in [-0.4, -0.2) is 16.6 Å². The van der Waals surface area contributed by atoms with Crippen molar-refractivity contribution < 1.29 is 9.50 Å². The fourth-order valence-electron chi connectivity index (χ4n) is 1.82. The summed E-state index contributed by atoms with van der Waals surface area (Å²) in [5.74, 6) is -0.00882. The first-order valence-electron chi connectivity index (χ1n) is 6.26. The molecular weight excluding hydrogens is 243 g/mol. The highest BCUT2D eigenvalue weighted by Gasteiger charge is 2.02.